The number of amides is 3. The van der Waals surface area contributed by atoms with Gasteiger partial charge in [0.25, 0.3) is 0 Å². The Bertz CT molecular complexity index is 880. The molecule has 1 aromatic rings. The van der Waals surface area contributed by atoms with Gasteiger partial charge in [0.05, 0.1) is 10.6 Å². The molecule has 1 fully saturated rings. The van der Waals surface area contributed by atoms with E-state index in [2.05, 4.69) is 10.6 Å². The average Bonchev–Trinajstić information content (AvgIpc) is 3.23. The second kappa shape index (κ2) is 11.7. The van der Waals surface area contributed by atoms with Crippen LogP contribution < -0.4 is 10.6 Å². The smallest absolute Gasteiger partial charge is 0.247 e. The number of hydrogen-bond donors (Lipinski definition) is 3. The van der Waals surface area contributed by atoms with Crippen LogP contribution in [0.4, 0.5) is 5.69 Å². The van der Waals surface area contributed by atoms with Crippen LogP contribution in [0.1, 0.15) is 33.6 Å². The van der Waals surface area contributed by atoms with E-state index in [1.54, 1.807) is 27.9 Å². The molecule has 1 saturated heterocycles. The van der Waals surface area contributed by atoms with Crippen LogP contribution in [-0.2, 0) is 24.4 Å². The van der Waals surface area contributed by atoms with Crippen molar-refractivity contribution in [2.75, 3.05) is 32.5 Å². The van der Waals surface area contributed by atoms with E-state index in [0.717, 1.165) is 19.3 Å². The summed E-state index contributed by atoms with van der Waals surface area (Å²) < 4.78 is 26.7. The molecule has 0 aliphatic carbocycles. The van der Waals surface area contributed by atoms with Crippen molar-refractivity contribution in [3.8, 4) is 5.75 Å². The Balaban J connectivity index is 0.000000861. The van der Waals surface area contributed by atoms with Gasteiger partial charge in [-0.3, -0.25) is 14.4 Å². The number of anilines is 1. The normalized spacial score (nSPS) is 14.9. The van der Waals surface area contributed by atoms with E-state index in [1.807, 2.05) is 0 Å². The number of rotatable bonds is 7. The van der Waals surface area contributed by atoms with Gasteiger partial charge in [0.2, 0.25) is 28.2 Å². The van der Waals surface area contributed by atoms with Gasteiger partial charge in [0.15, 0.2) is 0 Å². The molecule has 1 unspecified atom stereocenters. The van der Waals surface area contributed by atoms with Gasteiger partial charge >= 0.3 is 0 Å². The summed E-state index contributed by atoms with van der Waals surface area (Å²) in [6, 6.07) is 2.99. The van der Waals surface area contributed by atoms with Crippen molar-refractivity contribution in [2.45, 2.75) is 44.6 Å². The zero-order valence-corrected chi connectivity index (χ0v) is 19.4. The van der Waals surface area contributed by atoms with E-state index in [-0.39, 0.29) is 28.2 Å². The predicted molar refractivity (Wildman–Crippen MR) is 117 cm³/mol. The molecule has 3 N–H and O–H groups in total. The molecule has 1 aromatic carbocycles. The summed E-state index contributed by atoms with van der Waals surface area (Å²) in [5.74, 6) is -1.31. The second-order valence-electron chi connectivity index (χ2n) is 7.77. The molecule has 31 heavy (non-hydrogen) atoms. The van der Waals surface area contributed by atoms with Crippen LogP contribution in [0.25, 0.3) is 0 Å². The fourth-order valence-electron chi connectivity index (χ4n) is 2.82. The molecular weight excluding hydrogens is 424 g/mol. The Kier molecular flexibility index (Phi) is 9.92. The summed E-state index contributed by atoms with van der Waals surface area (Å²) in [5, 5.41) is 15.1. The van der Waals surface area contributed by atoms with Crippen molar-refractivity contribution in [2.24, 2.45) is 5.92 Å². The second-order valence-corrected chi connectivity index (χ2v) is 9.71. The number of carbonyl (C=O) groups is 3. The molecule has 1 atom stereocenters. The first-order valence-electron chi connectivity index (χ1n) is 9.93. The van der Waals surface area contributed by atoms with Crippen LogP contribution >= 0.6 is 0 Å². The maximum absolute atomic E-state index is 12.6. The highest BCUT2D eigenvalue weighted by Gasteiger charge is 2.29. The third kappa shape index (κ3) is 7.83. The molecule has 0 saturated carbocycles. The Morgan fingerprint density at radius 3 is 2.19 bits per heavy atom. The topological polar surface area (TPSA) is 136 Å². The van der Waals surface area contributed by atoms with Crippen LogP contribution in [-0.4, -0.2) is 74.2 Å². The van der Waals surface area contributed by atoms with Crippen LogP contribution in [0.15, 0.2) is 23.1 Å². The van der Waals surface area contributed by atoms with E-state index >= 15 is 0 Å². The van der Waals surface area contributed by atoms with Crippen molar-refractivity contribution >= 4 is 33.9 Å². The number of sulfonamides is 1. The number of hydrogen-bond acceptors (Lipinski definition) is 6. The van der Waals surface area contributed by atoms with Crippen molar-refractivity contribution in [3.05, 3.63) is 18.2 Å². The molecule has 3 amide bonds. The minimum atomic E-state index is -3.67. The van der Waals surface area contributed by atoms with E-state index in [9.17, 15) is 27.9 Å². The fraction of sp³-hybridized carbons (Fsp3) is 0.550. The van der Waals surface area contributed by atoms with Gasteiger partial charge in [-0.2, -0.15) is 4.31 Å². The Morgan fingerprint density at radius 1 is 1.19 bits per heavy atom. The molecule has 2 rings (SSSR count). The minimum absolute atomic E-state index is 0.00752. The van der Waals surface area contributed by atoms with Gasteiger partial charge in [-0.1, -0.05) is 13.8 Å². The van der Waals surface area contributed by atoms with Crippen LogP contribution in [0.5, 0.6) is 5.75 Å². The van der Waals surface area contributed by atoms with E-state index in [1.165, 1.54) is 34.3 Å². The quantitative estimate of drug-likeness (QED) is 0.413. The predicted octanol–water partition coefficient (Wildman–Crippen LogP) is 0.980. The number of benzene rings is 1. The summed E-state index contributed by atoms with van der Waals surface area (Å²) in [5.41, 5.74) is -0.00808. The van der Waals surface area contributed by atoms with Gasteiger partial charge in [-0.05, 0) is 37.0 Å². The maximum Gasteiger partial charge on any atom is 0.247 e. The summed E-state index contributed by atoms with van der Waals surface area (Å²) >= 11 is 0. The summed E-state index contributed by atoms with van der Waals surface area (Å²) in [7, 11) is -0.293. The highest BCUT2D eigenvalue weighted by molar-refractivity contribution is 7.89. The van der Waals surface area contributed by atoms with Gasteiger partial charge in [0.1, 0.15) is 11.8 Å². The molecule has 0 spiro atoms. The van der Waals surface area contributed by atoms with Crippen molar-refractivity contribution in [1.29, 1.82) is 0 Å². The standard InChI is InChI=1S/C17H25N3O5S.C3H7NO/c1-11(2)16(18-12(3)21)17(23)19-14-10-13(6-7-15(14)22)26(24,25)20-8-4-5-9-20;1-4(2)3-5/h6-7,10-11,16,22H,4-5,8-9H2,1-3H3,(H,18,21)(H,19,23);3H,1-2H3. The van der Waals surface area contributed by atoms with Crippen molar-refractivity contribution < 1.29 is 27.9 Å². The lowest BCUT2D eigenvalue weighted by Gasteiger charge is -2.22. The zero-order valence-electron chi connectivity index (χ0n) is 18.6. The van der Waals surface area contributed by atoms with E-state index in [0.29, 0.717) is 13.1 Å². The van der Waals surface area contributed by atoms with Gasteiger partial charge in [-0.15, -0.1) is 0 Å². The Labute approximate surface area is 183 Å². The molecular formula is C20H32N4O6S. The average molecular weight is 457 g/mol. The number of phenolic OH excluding ortho intramolecular Hbond substituents is 1. The highest BCUT2D eigenvalue weighted by Crippen LogP contribution is 2.29. The van der Waals surface area contributed by atoms with Crippen LogP contribution in [0, 0.1) is 5.92 Å². The van der Waals surface area contributed by atoms with E-state index in [4.69, 9.17) is 0 Å². The van der Waals surface area contributed by atoms with Gasteiger partial charge < -0.3 is 20.6 Å². The molecule has 0 radical (unpaired) electrons. The summed E-state index contributed by atoms with van der Waals surface area (Å²) in [6.07, 6.45) is 2.38. The Morgan fingerprint density at radius 2 is 1.74 bits per heavy atom. The first-order valence-corrected chi connectivity index (χ1v) is 11.4. The first-order chi connectivity index (χ1) is 14.4. The molecule has 174 valence electrons. The van der Waals surface area contributed by atoms with Gasteiger partial charge in [0, 0.05) is 34.1 Å². The third-order valence-electron chi connectivity index (χ3n) is 4.45. The molecule has 0 bridgehead atoms. The van der Waals surface area contributed by atoms with Crippen molar-refractivity contribution in [1.82, 2.24) is 14.5 Å². The lowest BCUT2D eigenvalue weighted by atomic mass is 10.0. The number of phenols is 1. The monoisotopic (exact) mass is 456 g/mol. The van der Waals surface area contributed by atoms with Crippen LogP contribution in [0.2, 0.25) is 0 Å². The van der Waals surface area contributed by atoms with Crippen LogP contribution in [0.3, 0.4) is 0 Å². The first kappa shape index (κ1) is 26.4. The molecule has 10 nitrogen and oxygen atoms in total. The largest absolute Gasteiger partial charge is 0.506 e. The molecule has 11 heteroatoms. The molecule has 1 aliphatic heterocycles. The SMILES string of the molecule is CC(=O)NC(C(=O)Nc1cc(S(=O)(=O)N2CCCC2)ccc1O)C(C)C.CN(C)C=O. The van der Waals surface area contributed by atoms with E-state index < -0.39 is 22.0 Å². The lowest BCUT2D eigenvalue weighted by Crippen LogP contribution is -2.46. The van der Waals surface area contributed by atoms with Gasteiger partial charge in [-0.25, -0.2) is 8.42 Å². The third-order valence-corrected chi connectivity index (χ3v) is 6.34. The number of nitrogens with zero attached hydrogens (tertiary/aromatic N) is 2. The molecule has 1 aliphatic rings. The number of nitrogens with one attached hydrogen (secondary N) is 2. The minimum Gasteiger partial charge on any atom is -0.506 e. The fourth-order valence-corrected chi connectivity index (χ4v) is 4.36. The number of carbonyl (C=O) groups excluding carboxylic acids is 3. The van der Waals surface area contributed by atoms with Crippen molar-refractivity contribution in [3.63, 3.8) is 0 Å². The maximum atomic E-state index is 12.6. The molecule has 1 heterocycles. The highest BCUT2D eigenvalue weighted by atomic mass is 32.2. The lowest BCUT2D eigenvalue weighted by molar-refractivity contribution is -0.126. The number of aromatic hydroxyl groups is 1. The summed E-state index contributed by atoms with van der Waals surface area (Å²) in [6.45, 7) is 5.78. The Hall–Kier alpha value is -2.66. The zero-order chi connectivity index (χ0) is 23.8. The summed E-state index contributed by atoms with van der Waals surface area (Å²) in [4.78, 5) is 34.6. The molecule has 0 aromatic heterocycles.